The van der Waals surface area contributed by atoms with Crippen molar-refractivity contribution < 1.29 is 9.47 Å². The highest BCUT2D eigenvalue weighted by Crippen LogP contribution is 2.27. The van der Waals surface area contributed by atoms with Crippen molar-refractivity contribution in [3.05, 3.63) is 28.8 Å². The van der Waals surface area contributed by atoms with Gasteiger partial charge in [-0.3, -0.25) is 0 Å². The van der Waals surface area contributed by atoms with Crippen LogP contribution in [-0.2, 0) is 4.74 Å². The molecular formula is C15H22ClNO2. The minimum absolute atomic E-state index is 0.00827. The summed E-state index contributed by atoms with van der Waals surface area (Å²) in [5, 5.41) is 0.631. The summed E-state index contributed by atoms with van der Waals surface area (Å²) in [7, 11) is 0. The second-order valence-electron chi connectivity index (χ2n) is 5.10. The van der Waals surface area contributed by atoms with E-state index < -0.39 is 0 Å². The monoisotopic (exact) mass is 283 g/mol. The summed E-state index contributed by atoms with van der Waals surface area (Å²) in [5.74, 6) is 0.735. The van der Waals surface area contributed by atoms with Gasteiger partial charge in [-0.15, -0.1) is 0 Å². The molecule has 0 aliphatic carbocycles. The largest absolute Gasteiger partial charge is 0.492 e. The van der Waals surface area contributed by atoms with Crippen LogP contribution in [0.3, 0.4) is 0 Å². The first kappa shape index (κ1) is 14.6. The third kappa shape index (κ3) is 4.37. The first-order valence-corrected chi connectivity index (χ1v) is 7.34. The molecule has 2 rings (SSSR count). The molecule has 1 heterocycles. The van der Waals surface area contributed by atoms with Crippen LogP contribution in [0.15, 0.2) is 18.2 Å². The maximum absolute atomic E-state index is 6.17. The van der Waals surface area contributed by atoms with Gasteiger partial charge in [0.2, 0.25) is 0 Å². The van der Waals surface area contributed by atoms with E-state index in [1.807, 2.05) is 25.1 Å². The normalized spacial score (nSPS) is 20.5. The Balaban J connectivity index is 1.76. The molecule has 1 aromatic rings. The highest BCUT2D eigenvalue weighted by Gasteiger charge is 2.14. The van der Waals surface area contributed by atoms with Gasteiger partial charge < -0.3 is 15.2 Å². The van der Waals surface area contributed by atoms with Crippen molar-refractivity contribution >= 4 is 11.6 Å². The molecule has 0 amide bonds. The Morgan fingerprint density at radius 3 is 3.00 bits per heavy atom. The molecular weight excluding hydrogens is 262 g/mol. The standard InChI is InChI=1S/C15H22ClNO2/c1-11(17)12-6-7-15(14(16)10-12)19-9-3-5-13-4-2-8-18-13/h6-7,10-11,13H,2-5,8-9,17H2,1H3/t11-,13?/m1/s1. The average molecular weight is 284 g/mol. The summed E-state index contributed by atoms with van der Waals surface area (Å²) in [6, 6.07) is 5.73. The molecule has 1 aromatic carbocycles. The van der Waals surface area contributed by atoms with Gasteiger partial charge in [0.15, 0.2) is 0 Å². The summed E-state index contributed by atoms with van der Waals surface area (Å²) < 4.78 is 11.3. The van der Waals surface area contributed by atoms with Gasteiger partial charge in [-0.05, 0) is 50.3 Å². The molecule has 0 bridgehead atoms. The van der Waals surface area contributed by atoms with Crippen LogP contribution in [-0.4, -0.2) is 19.3 Å². The summed E-state index contributed by atoms with van der Waals surface area (Å²) in [4.78, 5) is 0. The highest BCUT2D eigenvalue weighted by molar-refractivity contribution is 6.32. The van der Waals surface area contributed by atoms with Crippen LogP contribution >= 0.6 is 11.6 Å². The van der Waals surface area contributed by atoms with E-state index in [1.54, 1.807) is 0 Å². The molecule has 1 saturated heterocycles. The number of halogens is 1. The number of nitrogens with two attached hydrogens (primary N) is 1. The van der Waals surface area contributed by atoms with Gasteiger partial charge in [0.1, 0.15) is 5.75 Å². The van der Waals surface area contributed by atoms with E-state index in [2.05, 4.69) is 0 Å². The van der Waals surface area contributed by atoms with Crippen molar-refractivity contribution in [3.63, 3.8) is 0 Å². The van der Waals surface area contributed by atoms with Gasteiger partial charge in [0, 0.05) is 12.6 Å². The minimum Gasteiger partial charge on any atom is -0.492 e. The minimum atomic E-state index is -0.00827. The molecule has 1 aliphatic rings. The van der Waals surface area contributed by atoms with E-state index in [9.17, 15) is 0 Å². The maximum Gasteiger partial charge on any atom is 0.137 e. The summed E-state index contributed by atoms with van der Waals surface area (Å²) in [6.45, 7) is 3.53. The van der Waals surface area contributed by atoms with E-state index >= 15 is 0 Å². The number of ether oxygens (including phenoxy) is 2. The van der Waals surface area contributed by atoms with Crippen molar-refractivity contribution in [1.29, 1.82) is 0 Å². The molecule has 0 saturated carbocycles. The highest BCUT2D eigenvalue weighted by atomic mass is 35.5. The molecule has 0 aromatic heterocycles. The smallest absolute Gasteiger partial charge is 0.137 e. The van der Waals surface area contributed by atoms with Crippen LogP contribution in [0.2, 0.25) is 5.02 Å². The predicted molar refractivity (Wildman–Crippen MR) is 77.8 cm³/mol. The number of hydrogen-bond donors (Lipinski definition) is 1. The van der Waals surface area contributed by atoms with E-state index in [0.29, 0.717) is 17.7 Å². The van der Waals surface area contributed by atoms with Gasteiger partial charge in [-0.25, -0.2) is 0 Å². The summed E-state index contributed by atoms with van der Waals surface area (Å²) in [5.41, 5.74) is 6.84. The Kier molecular flexibility index (Phi) is 5.49. The average Bonchev–Trinajstić information content (AvgIpc) is 2.89. The van der Waals surface area contributed by atoms with E-state index in [0.717, 1.165) is 30.8 Å². The van der Waals surface area contributed by atoms with Crippen LogP contribution in [0.5, 0.6) is 5.75 Å². The van der Waals surface area contributed by atoms with Crippen molar-refractivity contribution in [1.82, 2.24) is 0 Å². The van der Waals surface area contributed by atoms with E-state index in [1.165, 1.54) is 12.8 Å². The Hall–Kier alpha value is -0.770. The number of hydrogen-bond acceptors (Lipinski definition) is 3. The molecule has 19 heavy (non-hydrogen) atoms. The zero-order chi connectivity index (χ0) is 13.7. The molecule has 1 fully saturated rings. The van der Waals surface area contributed by atoms with Crippen LogP contribution in [0.4, 0.5) is 0 Å². The Morgan fingerprint density at radius 2 is 2.37 bits per heavy atom. The van der Waals surface area contributed by atoms with Crippen molar-refractivity contribution in [2.75, 3.05) is 13.2 Å². The predicted octanol–water partition coefficient (Wildman–Crippen LogP) is 3.70. The molecule has 1 aliphatic heterocycles. The fourth-order valence-electron chi connectivity index (χ4n) is 2.28. The topological polar surface area (TPSA) is 44.5 Å². The molecule has 0 spiro atoms. The molecule has 0 radical (unpaired) electrons. The van der Waals surface area contributed by atoms with Crippen LogP contribution < -0.4 is 10.5 Å². The van der Waals surface area contributed by atoms with Crippen molar-refractivity contribution in [3.8, 4) is 5.75 Å². The molecule has 1 unspecified atom stereocenters. The Bertz CT molecular complexity index is 403. The van der Waals surface area contributed by atoms with Gasteiger partial charge in [-0.2, -0.15) is 0 Å². The lowest BCUT2D eigenvalue weighted by Gasteiger charge is -2.12. The first-order chi connectivity index (χ1) is 9.16. The fourth-order valence-corrected chi connectivity index (χ4v) is 2.53. The lowest BCUT2D eigenvalue weighted by atomic mass is 10.1. The lowest BCUT2D eigenvalue weighted by molar-refractivity contribution is 0.0981. The van der Waals surface area contributed by atoms with Gasteiger partial charge in [0.25, 0.3) is 0 Å². The molecule has 4 heteroatoms. The third-order valence-electron chi connectivity index (χ3n) is 3.43. The lowest BCUT2D eigenvalue weighted by Crippen LogP contribution is -2.08. The SMILES string of the molecule is C[C@@H](N)c1ccc(OCCCC2CCCO2)c(Cl)c1. The van der Waals surface area contributed by atoms with Crippen LogP contribution in [0.1, 0.15) is 44.2 Å². The molecule has 3 nitrogen and oxygen atoms in total. The van der Waals surface area contributed by atoms with E-state index in [4.69, 9.17) is 26.8 Å². The number of rotatable bonds is 6. The van der Waals surface area contributed by atoms with Crippen LogP contribution in [0.25, 0.3) is 0 Å². The van der Waals surface area contributed by atoms with Gasteiger partial charge in [0.05, 0.1) is 17.7 Å². The summed E-state index contributed by atoms with van der Waals surface area (Å²) >= 11 is 6.17. The van der Waals surface area contributed by atoms with Gasteiger partial charge in [-0.1, -0.05) is 17.7 Å². The zero-order valence-corrected chi connectivity index (χ0v) is 12.2. The quantitative estimate of drug-likeness (QED) is 0.810. The Morgan fingerprint density at radius 1 is 1.53 bits per heavy atom. The van der Waals surface area contributed by atoms with Gasteiger partial charge >= 0.3 is 0 Å². The fraction of sp³-hybridized carbons (Fsp3) is 0.600. The second-order valence-corrected chi connectivity index (χ2v) is 5.51. The van der Waals surface area contributed by atoms with Crippen molar-refractivity contribution in [2.45, 2.75) is 44.8 Å². The van der Waals surface area contributed by atoms with E-state index in [-0.39, 0.29) is 6.04 Å². The zero-order valence-electron chi connectivity index (χ0n) is 11.4. The number of benzene rings is 1. The molecule has 106 valence electrons. The van der Waals surface area contributed by atoms with Crippen molar-refractivity contribution in [2.24, 2.45) is 5.73 Å². The van der Waals surface area contributed by atoms with Crippen LogP contribution in [0, 0.1) is 0 Å². The first-order valence-electron chi connectivity index (χ1n) is 6.96. The second kappa shape index (κ2) is 7.13. The molecule has 2 N–H and O–H groups in total. The Labute approximate surface area is 120 Å². The third-order valence-corrected chi connectivity index (χ3v) is 3.73. The summed E-state index contributed by atoms with van der Waals surface area (Å²) in [6.07, 6.45) is 4.87. The maximum atomic E-state index is 6.17. The molecule has 2 atom stereocenters.